The predicted molar refractivity (Wildman–Crippen MR) is 134 cm³/mol. The van der Waals surface area contributed by atoms with Crippen LogP contribution in [-0.4, -0.2) is 39.8 Å². The van der Waals surface area contributed by atoms with Crippen molar-refractivity contribution in [2.75, 3.05) is 18.4 Å². The van der Waals surface area contributed by atoms with E-state index >= 15 is 0 Å². The van der Waals surface area contributed by atoms with Gasteiger partial charge in [0.1, 0.15) is 5.69 Å². The zero-order valence-corrected chi connectivity index (χ0v) is 21.4. The van der Waals surface area contributed by atoms with E-state index in [9.17, 15) is 9.59 Å². The van der Waals surface area contributed by atoms with Crippen molar-refractivity contribution < 1.29 is 9.59 Å². The third kappa shape index (κ3) is 3.87. The molecule has 2 fully saturated rings. The molecule has 1 N–H and O–H groups in total. The molecule has 1 aliphatic carbocycles. The Balaban J connectivity index is 1.19. The van der Waals surface area contributed by atoms with Gasteiger partial charge in [-0.1, -0.05) is 27.7 Å². The first kappa shape index (κ1) is 22.5. The third-order valence-corrected chi connectivity index (χ3v) is 9.89. The van der Waals surface area contributed by atoms with Crippen molar-refractivity contribution in [2.45, 2.75) is 53.4 Å². The van der Waals surface area contributed by atoms with Crippen LogP contribution < -0.4 is 5.32 Å². The number of nitrogens with one attached hydrogen (secondary N) is 1. The van der Waals surface area contributed by atoms with Crippen LogP contribution in [0.2, 0.25) is 0 Å². The van der Waals surface area contributed by atoms with Gasteiger partial charge >= 0.3 is 0 Å². The second-order valence-corrected chi connectivity index (χ2v) is 12.5. The molecular weight excluding hydrogens is 452 g/mol. The summed E-state index contributed by atoms with van der Waals surface area (Å²) >= 11 is 3.19. The topological polar surface area (TPSA) is 75.2 Å². The van der Waals surface area contributed by atoms with E-state index in [1.165, 1.54) is 0 Å². The van der Waals surface area contributed by atoms with Crippen molar-refractivity contribution in [1.82, 2.24) is 14.9 Å². The fourth-order valence-electron chi connectivity index (χ4n) is 5.24. The number of nitrogens with zero attached hydrogens (tertiary/aromatic N) is 3. The molecule has 0 radical (unpaired) electrons. The number of fused-ring (bicyclic) bond motifs is 1. The Bertz CT molecular complexity index is 1220. The molecule has 3 aromatic rings. The Kier molecular flexibility index (Phi) is 5.36. The van der Waals surface area contributed by atoms with Crippen molar-refractivity contribution in [3.63, 3.8) is 0 Å². The molecular formula is C25H30N4O2S2. The van der Waals surface area contributed by atoms with Crippen molar-refractivity contribution >= 4 is 50.4 Å². The molecule has 8 heteroatoms. The monoisotopic (exact) mass is 482 g/mol. The minimum atomic E-state index is -0.199. The Morgan fingerprint density at radius 1 is 1.09 bits per heavy atom. The Morgan fingerprint density at radius 3 is 2.45 bits per heavy atom. The largest absolute Gasteiger partial charge is 0.342 e. The second kappa shape index (κ2) is 7.87. The zero-order valence-electron chi connectivity index (χ0n) is 19.8. The van der Waals surface area contributed by atoms with E-state index in [1.54, 1.807) is 22.7 Å². The van der Waals surface area contributed by atoms with E-state index in [0.29, 0.717) is 17.5 Å². The molecule has 174 valence electrons. The zero-order chi connectivity index (χ0) is 23.5. The van der Waals surface area contributed by atoms with Gasteiger partial charge in [-0.15, -0.1) is 22.7 Å². The summed E-state index contributed by atoms with van der Waals surface area (Å²) in [6.45, 7) is 12.3. The lowest BCUT2D eigenvalue weighted by Gasteiger charge is -2.31. The van der Waals surface area contributed by atoms with Crippen LogP contribution in [0, 0.1) is 23.7 Å². The van der Waals surface area contributed by atoms with Gasteiger partial charge in [0, 0.05) is 36.0 Å². The van der Waals surface area contributed by atoms with Crippen LogP contribution in [0.3, 0.4) is 0 Å². The fourth-order valence-corrected chi connectivity index (χ4v) is 7.02. The summed E-state index contributed by atoms with van der Waals surface area (Å²) in [6, 6.07) is 5.79. The summed E-state index contributed by atoms with van der Waals surface area (Å²) in [6.07, 6.45) is 1.79. The SMILES string of the molecule is Cc1nc2cc(NC(=O)c3csc(C4CCN(C(=O)C5C(C)(C)C5(C)C)CC4)n3)ccc2s1. The normalized spacial score (nSPS) is 20.2. The highest BCUT2D eigenvalue weighted by molar-refractivity contribution is 7.18. The summed E-state index contributed by atoms with van der Waals surface area (Å²) in [5.74, 6) is 0.517. The number of hydrogen-bond donors (Lipinski definition) is 1. The molecule has 0 spiro atoms. The van der Waals surface area contributed by atoms with Gasteiger partial charge in [-0.05, 0) is 48.8 Å². The highest BCUT2D eigenvalue weighted by atomic mass is 32.1. The molecule has 0 bridgehead atoms. The van der Waals surface area contributed by atoms with Crippen molar-refractivity contribution in [1.29, 1.82) is 0 Å². The highest BCUT2D eigenvalue weighted by Gasteiger charge is 2.68. The number of aryl methyl sites for hydroxylation is 1. The molecule has 1 aliphatic heterocycles. The fraction of sp³-hybridized carbons (Fsp3) is 0.520. The van der Waals surface area contributed by atoms with Gasteiger partial charge in [0.15, 0.2) is 0 Å². The van der Waals surface area contributed by atoms with Crippen LogP contribution in [0.15, 0.2) is 23.6 Å². The summed E-state index contributed by atoms with van der Waals surface area (Å²) < 4.78 is 1.11. The van der Waals surface area contributed by atoms with Gasteiger partial charge in [-0.2, -0.15) is 0 Å². The maximum atomic E-state index is 13.0. The summed E-state index contributed by atoms with van der Waals surface area (Å²) in [5.41, 5.74) is 2.21. The quantitative estimate of drug-likeness (QED) is 0.517. The summed E-state index contributed by atoms with van der Waals surface area (Å²) in [7, 11) is 0. The van der Waals surface area contributed by atoms with Gasteiger partial charge in [0.05, 0.1) is 20.2 Å². The number of hydrogen-bond acceptors (Lipinski definition) is 6. The lowest BCUT2D eigenvalue weighted by Crippen LogP contribution is -2.39. The number of piperidine rings is 1. The van der Waals surface area contributed by atoms with E-state index in [4.69, 9.17) is 0 Å². The van der Waals surface area contributed by atoms with E-state index in [0.717, 1.165) is 51.9 Å². The number of carbonyl (C=O) groups excluding carboxylic acids is 2. The van der Waals surface area contributed by atoms with E-state index < -0.39 is 0 Å². The summed E-state index contributed by atoms with van der Waals surface area (Å²) in [4.78, 5) is 37.0. The molecule has 2 aliphatic rings. The maximum absolute atomic E-state index is 13.0. The number of thiazole rings is 2. The Labute approximate surface area is 202 Å². The van der Waals surface area contributed by atoms with Crippen LogP contribution in [-0.2, 0) is 4.79 Å². The molecule has 1 saturated carbocycles. The van der Waals surface area contributed by atoms with Crippen molar-refractivity contribution in [3.8, 4) is 0 Å². The average Bonchev–Trinajstić information content (AvgIpc) is 3.21. The average molecular weight is 483 g/mol. The lowest BCUT2D eigenvalue weighted by molar-refractivity contribution is -0.134. The van der Waals surface area contributed by atoms with E-state index in [1.807, 2.05) is 35.4 Å². The van der Waals surface area contributed by atoms with Gasteiger partial charge in [0.25, 0.3) is 5.91 Å². The molecule has 1 saturated heterocycles. The predicted octanol–water partition coefficient (Wildman–Crippen LogP) is 5.70. The number of rotatable bonds is 4. The number of anilines is 1. The van der Waals surface area contributed by atoms with E-state index in [2.05, 4.69) is 43.0 Å². The molecule has 33 heavy (non-hydrogen) atoms. The van der Waals surface area contributed by atoms with Crippen molar-refractivity contribution in [2.24, 2.45) is 16.7 Å². The first-order valence-corrected chi connectivity index (χ1v) is 13.2. The van der Waals surface area contributed by atoms with Gasteiger partial charge in [-0.25, -0.2) is 9.97 Å². The molecule has 1 aromatic carbocycles. The van der Waals surface area contributed by atoms with E-state index in [-0.39, 0.29) is 22.7 Å². The number of benzene rings is 1. The lowest BCUT2D eigenvalue weighted by atomic mass is 9.96. The molecule has 0 atom stereocenters. The van der Waals surface area contributed by atoms with Crippen LogP contribution in [0.5, 0.6) is 0 Å². The number of amides is 2. The highest BCUT2D eigenvalue weighted by Crippen LogP contribution is 2.68. The maximum Gasteiger partial charge on any atom is 0.275 e. The Morgan fingerprint density at radius 2 is 1.79 bits per heavy atom. The molecule has 6 nitrogen and oxygen atoms in total. The van der Waals surface area contributed by atoms with Gasteiger partial charge in [-0.3, -0.25) is 9.59 Å². The first-order chi connectivity index (χ1) is 15.6. The molecule has 2 aromatic heterocycles. The number of aromatic nitrogens is 2. The van der Waals surface area contributed by atoms with Gasteiger partial charge in [0.2, 0.25) is 5.91 Å². The standard InChI is InChI=1S/C25H30N4O2S2/c1-14-26-17-12-16(6-7-19(17)33-14)27-21(30)18-13-32-22(28-18)15-8-10-29(11-9-15)23(31)20-24(2,3)25(20,4)5/h6-7,12-13,15,20H,8-11H2,1-5H3,(H,27,30). The molecule has 0 unspecified atom stereocenters. The minimum Gasteiger partial charge on any atom is -0.342 e. The van der Waals surface area contributed by atoms with Crippen molar-refractivity contribution in [3.05, 3.63) is 39.3 Å². The van der Waals surface area contributed by atoms with Crippen LogP contribution in [0.1, 0.15) is 67.0 Å². The third-order valence-electron chi connectivity index (χ3n) is 7.93. The summed E-state index contributed by atoms with van der Waals surface area (Å²) in [5, 5.41) is 6.79. The first-order valence-electron chi connectivity index (χ1n) is 11.5. The molecule has 5 rings (SSSR count). The molecule has 3 heterocycles. The number of likely N-dealkylation sites (tertiary alicyclic amines) is 1. The van der Waals surface area contributed by atoms with Gasteiger partial charge < -0.3 is 10.2 Å². The smallest absolute Gasteiger partial charge is 0.275 e. The van der Waals surface area contributed by atoms with Crippen LogP contribution in [0.4, 0.5) is 5.69 Å². The number of carbonyl (C=O) groups is 2. The van der Waals surface area contributed by atoms with Crippen LogP contribution in [0.25, 0.3) is 10.2 Å². The minimum absolute atomic E-state index is 0.0708. The molecule has 2 amide bonds. The van der Waals surface area contributed by atoms with Crippen LogP contribution >= 0.6 is 22.7 Å². The Hall–Kier alpha value is -2.32. The second-order valence-electron chi connectivity index (χ2n) is 10.4.